The summed E-state index contributed by atoms with van der Waals surface area (Å²) in [6, 6.07) is 19.3. The van der Waals surface area contributed by atoms with Gasteiger partial charge in [0, 0.05) is 31.9 Å². The Bertz CT molecular complexity index is 1600. The quantitative estimate of drug-likeness (QED) is 0.230. The second-order valence-corrected chi connectivity index (χ2v) is 10.4. The maximum Gasteiger partial charge on any atom is 0.267 e. The zero-order chi connectivity index (χ0) is 25.2. The standard InChI is InChI=1S/C25H16Cl2N4O3S2/c1-34-17-8-5-13(6-9-17)24-30-31-25(36-24)29-22(32)14-3-2-4-16(11-14)28-23(33)21-20(27)18-10-7-15(26)12-19(18)35-21/h2-12H,1H3,(H,28,33)(H,29,31,32). The number of fused-ring (bicyclic) bond motifs is 1. The molecule has 0 saturated carbocycles. The lowest BCUT2D eigenvalue weighted by atomic mass is 10.2. The number of carbonyl (C=O) groups is 2. The third kappa shape index (κ3) is 5.05. The van der Waals surface area contributed by atoms with E-state index in [4.69, 9.17) is 27.9 Å². The van der Waals surface area contributed by atoms with Gasteiger partial charge in [-0.25, -0.2) is 0 Å². The van der Waals surface area contributed by atoms with E-state index in [9.17, 15) is 9.59 Å². The Morgan fingerprint density at radius 1 is 0.889 bits per heavy atom. The van der Waals surface area contributed by atoms with Gasteiger partial charge in [0.25, 0.3) is 11.8 Å². The largest absolute Gasteiger partial charge is 0.497 e. The fourth-order valence-corrected chi connectivity index (χ4v) is 5.84. The first-order valence-electron chi connectivity index (χ1n) is 10.5. The van der Waals surface area contributed by atoms with Crippen LogP contribution in [-0.4, -0.2) is 29.1 Å². The van der Waals surface area contributed by atoms with Gasteiger partial charge in [-0.2, -0.15) is 0 Å². The minimum absolute atomic E-state index is 0.350. The maximum atomic E-state index is 12.9. The van der Waals surface area contributed by atoms with Gasteiger partial charge in [-0.15, -0.1) is 21.5 Å². The van der Waals surface area contributed by atoms with E-state index in [1.54, 1.807) is 49.6 Å². The Morgan fingerprint density at radius 3 is 2.47 bits per heavy atom. The van der Waals surface area contributed by atoms with Gasteiger partial charge in [0.15, 0.2) is 0 Å². The van der Waals surface area contributed by atoms with E-state index in [0.29, 0.717) is 36.3 Å². The number of anilines is 2. The predicted octanol–water partition coefficient (Wildman–Crippen LogP) is 7.24. The number of amides is 2. The van der Waals surface area contributed by atoms with Gasteiger partial charge < -0.3 is 10.1 Å². The van der Waals surface area contributed by atoms with Crippen molar-refractivity contribution in [3.63, 3.8) is 0 Å². The van der Waals surface area contributed by atoms with Gasteiger partial charge in [-0.3, -0.25) is 14.9 Å². The predicted molar refractivity (Wildman–Crippen MR) is 146 cm³/mol. The highest BCUT2D eigenvalue weighted by Crippen LogP contribution is 2.37. The average molecular weight is 555 g/mol. The summed E-state index contributed by atoms with van der Waals surface area (Å²) in [4.78, 5) is 26.1. The van der Waals surface area contributed by atoms with Crippen LogP contribution in [0.4, 0.5) is 10.8 Å². The van der Waals surface area contributed by atoms with E-state index in [2.05, 4.69) is 20.8 Å². The first-order valence-corrected chi connectivity index (χ1v) is 12.9. The molecule has 2 amide bonds. The van der Waals surface area contributed by atoms with Crippen molar-refractivity contribution in [3.05, 3.63) is 87.2 Å². The van der Waals surface area contributed by atoms with Gasteiger partial charge >= 0.3 is 0 Å². The Morgan fingerprint density at radius 2 is 1.69 bits per heavy atom. The second-order valence-electron chi connectivity index (χ2n) is 7.52. The lowest BCUT2D eigenvalue weighted by molar-refractivity contribution is 0.101. The number of ether oxygens (including phenoxy) is 1. The third-order valence-electron chi connectivity index (χ3n) is 5.16. The SMILES string of the molecule is COc1ccc(-c2nnc(NC(=O)c3cccc(NC(=O)c4sc5cc(Cl)ccc5c4Cl)c3)s2)cc1. The van der Waals surface area contributed by atoms with Gasteiger partial charge in [0.1, 0.15) is 15.6 Å². The molecule has 2 heterocycles. The number of nitrogens with one attached hydrogen (secondary N) is 2. The molecule has 0 saturated heterocycles. The Labute approximate surface area is 223 Å². The highest BCUT2D eigenvalue weighted by molar-refractivity contribution is 7.21. The fourth-order valence-electron chi connectivity index (χ4n) is 3.40. The number of thiophene rings is 1. The summed E-state index contributed by atoms with van der Waals surface area (Å²) in [5, 5.41) is 16.5. The van der Waals surface area contributed by atoms with E-state index < -0.39 is 0 Å². The molecule has 7 nitrogen and oxygen atoms in total. The van der Waals surface area contributed by atoms with Crippen LogP contribution in [0.15, 0.2) is 66.7 Å². The van der Waals surface area contributed by atoms with Crippen LogP contribution in [-0.2, 0) is 0 Å². The molecule has 0 unspecified atom stereocenters. The van der Waals surface area contributed by atoms with E-state index in [1.165, 1.54) is 22.7 Å². The number of hydrogen-bond acceptors (Lipinski definition) is 7. The molecular formula is C25H16Cl2N4O3S2. The molecular weight excluding hydrogens is 539 g/mol. The van der Waals surface area contributed by atoms with Crippen molar-refractivity contribution in [1.82, 2.24) is 10.2 Å². The molecule has 11 heteroatoms. The van der Waals surface area contributed by atoms with Gasteiger partial charge in [-0.05, 0) is 54.6 Å². The topological polar surface area (TPSA) is 93.2 Å². The van der Waals surface area contributed by atoms with E-state index in [-0.39, 0.29) is 11.8 Å². The van der Waals surface area contributed by atoms with Crippen molar-refractivity contribution in [2.24, 2.45) is 0 Å². The van der Waals surface area contributed by atoms with Crippen LogP contribution in [0.3, 0.4) is 0 Å². The molecule has 2 N–H and O–H groups in total. The molecule has 3 aromatic carbocycles. The number of halogens is 2. The van der Waals surface area contributed by atoms with Gasteiger partial charge in [0.05, 0.1) is 12.1 Å². The molecule has 0 aliphatic heterocycles. The Balaban J connectivity index is 1.29. The van der Waals surface area contributed by atoms with E-state index in [1.807, 2.05) is 24.3 Å². The van der Waals surface area contributed by atoms with Crippen LogP contribution in [0, 0.1) is 0 Å². The Hall–Kier alpha value is -3.50. The van der Waals surface area contributed by atoms with Crippen LogP contribution < -0.4 is 15.4 Å². The summed E-state index contributed by atoms with van der Waals surface area (Å²) in [5.74, 6) is -0.0102. The zero-order valence-corrected chi connectivity index (χ0v) is 21.7. The highest BCUT2D eigenvalue weighted by Gasteiger charge is 2.18. The lowest BCUT2D eigenvalue weighted by Crippen LogP contribution is -2.14. The summed E-state index contributed by atoms with van der Waals surface area (Å²) in [6.45, 7) is 0. The van der Waals surface area contributed by atoms with E-state index in [0.717, 1.165) is 21.4 Å². The van der Waals surface area contributed by atoms with Crippen molar-refractivity contribution in [3.8, 4) is 16.3 Å². The van der Waals surface area contributed by atoms with Crippen molar-refractivity contribution in [2.75, 3.05) is 17.7 Å². The number of hydrogen-bond donors (Lipinski definition) is 2. The molecule has 180 valence electrons. The molecule has 5 rings (SSSR count). The summed E-state index contributed by atoms with van der Waals surface area (Å²) in [6.07, 6.45) is 0. The van der Waals surface area contributed by atoms with Crippen LogP contribution in [0.25, 0.3) is 20.7 Å². The first-order chi connectivity index (χ1) is 17.4. The van der Waals surface area contributed by atoms with Crippen LogP contribution in [0.1, 0.15) is 20.0 Å². The van der Waals surface area contributed by atoms with Crippen LogP contribution in [0.5, 0.6) is 5.75 Å². The molecule has 36 heavy (non-hydrogen) atoms. The molecule has 2 aromatic heterocycles. The summed E-state index contributed by atoms with van der Waals surface area (Å²) in [5.41, 5.74) is 1.67. The summed E-state index contributed by atoms with van der Waals surface area (Å²) < 4.78 is 5.98. The molecule has 0 bridgehead atoms. The number of carbonyl (C=O) groups excluding carboxylic acids is 2. The highest BCUT2D eigenvalue weighted by atomic mass is 35.5. The molecule has 5 aromatic rings. The van der Waals surface area contributed by atoms with Crippen molar-refractivity contribution >= 4 is 78.6 Å². The number of nitrogens with zero attached hydrogens (tertiary/aromatic N) is 2. The molecule has 0 spiro atoms. The van der Waals surface area contributed by atoms with Crippen molar-refractivity contribution < 1.29 is 14.3 Å². The number of methoxy groups -OCH3 is 1. The second kappa shape index (κ2) is 10.2. The summed E-state index contributed by atoms with van der Waals surface area (Å²) >= 11 is 15.0. The number of benzene rings is 3. The third-order valence-corrected chi connectivity index (χ3v) is 7.94. The Kier molecular flexibility index (Phi) is 6.88. The molecule has 0 radical (unpaired) electrons. The zero-order valence-electron chi connectivity index (χ0n) is 18.5. The van der Waals surface area contributed by atoms with Crippen LogP contribution in [0.2, 0.25) is 10.0 Å². The molecule has 0 aliphatic rings. The molecule has 0 fully saturated rings. The maximum absolute atomic E-state index is 12.9. The van der Waals surface area contributed by atoms with Crippen molar-refractivity contribution in [1.29, 1.82) is 0 Å². The minimum atomic E-state index is -0.377. The first kappa shape index (κ1) is 24.2. The average Bonchev–Trinajstić information content (AvgIpc) is 3.48. The minimum Gasteiger partial charge on any atom is -0.497 e. The molecule has 0 aliphatic carbocycles. The van der Waals surface area contributed by atoms with Gasteiger partial charge in [-0.1, -0.05) is 46.7 Å². The lowest BCUT2D eigenvalue weighted by Gasteiger charge is -2.07. The summed E-state index contributed by atoms with van der Waals surface area (Å²) in [7, 11) is 1.60. The number of rotatable bonds is 6. The number of aromatic nitrogens is 2. The van der Waals surface area contributed by atoms with Gasteiger partial charge in [0.2, 0.25) is 5.13 Å². The smallest absolute Gasteiger partial charge is 0.267 e. The fraction of sp³-hybridized carbons (Fsp3) is 0.0400. The van der Waals surface area contributed by atoms with E-state index >= 15 is 0 Å². The van der Waals surface area contributed by atoms with Crippen molar-refractivity contribution in [2.45, 2.75) is 0 Å². The molecule has 0 atom stereocenters. The normalized spacial score (nSPS) is 10.9. The van der Waals surface area contributed by atoms with Crippen LogP contribution >= 0.6 is 45.9 Å². The monoisotopic (exact) mass is 554 g/mol.